The van der Waals surface area contributed by atoms with E-state index < -0.39 is 11.9 Å². The second kappa shape index (κ2) is 7.06. The minimum Gasteiger partial charge on any atom is -0.481 e. The Morgan fingerprint density at radius 3 is 2.68 bits per heavy atom. The Morgan fingerprint density at radius 1 is 1.28 bits per heavy atom. The number of halogens is 2. The summed E-state index contributed by atoms with van der Waals surface area (Å²) in [4.78, 5) is 23.4. The first kappa shape index (κ1) is 17.8. The van der Waals surface area contributed by atoms with Gasteiger partial charge in [-0.1, -0.05) is 23.2 Å². The van der Waals surface area contributed by atoms with Crippen LogP contribution in [0.25, 0.3) is 5.69 Å². The second-order valence-electron chi connectivity index (χ2n) is 6.20. The van der Waals surface area contributed by atoms with Crippen LogP contribution in [0.1, 0.15) is 35.4 Å². The molecule has 1 aromatic carbocycles. The molecule has 0 radical (unpaired) electrons. The second-order valence-corrected chi connectivity index (χ2v) is 7.04. The van der Waals surface area contributed by atoms with Crippen LogP contribution in [0.3, 0.4) is 0 Å². The molecule has 2 atom stereocenters. The Labute approximate surface area is 154 Å². The number of carboxylic acid groups (broad SMARTS) is 1. The summed E-state index contributed by atoms with van der Waals surface area (Å²) in [5.41, 5.74) is 1.65. The number of aromatic nitrogens is 2. The summed E-state index contributed by atoms with van der Waals surface area (Å²) in [5.74, 6) is -1.52. The van der Waals surface area contributed by atoms with Crippen LogP contribution in [-0.2, 0) is 4.79 Å². The van der Waals surface area contributed by atoms with E-state index in [1.807, 2.05) is 6.92 Å². The van der Waals surface area contributed by atoms with Crippen molar-refractivity contribution in [3.05, 3.63) is 45.7 Å². The van der Waals surface area contributed by atoms with Crippen molar-refractivity contribution in [2.75, 3.05) is 0 Å². The van der Waals surface area contributed by atoms with Crippen molar-refractivity contribution in [3.8, 4) is 5.69 Å². The number of hydrogen-bond acceptors (Lipinski definition) is 3. The third-order valence-corrected chi connectivity index (χ3v) is 4.91. The number of hydrogen-bond donors (Lipinski definition) is 2. The maximum absolute atomic E-state index is 12.4. The van der Waals surface area contributed by atoms with Crippen molar-refractivity contribution in [1.82, 2.24) is 15.1 Å². The van der Waals surface area contributed by atoms with Gasteiger partial charge in [-0.15, -0.1) is 0 Å². The highest BCUT2D eigenvalue weighted by molar-refractivity contribution is 6.35. The topological polar surface area (TPSA) is 84.2 Å². The van der Waals surface area contributed by atoms with Gasteiger partial charge in [0.25, 0.3) is 5.91 Å². The lowest BCUT2D eigenvalue weighted by molar-refractivity contribution is -0.141. The van der Waals surface area contributed by atoms with Gasteiger partial charge in [0, 0.05) is 16.8 Å². The van der Waals surface area contributed by atoms with Gasteiger partial charge < -0.3 is 10.4 Å². The number of rotatable bonds is 4. The largest absolute Gasteiger partial charge is 0.481 e. The molecule has 132 valence electrons. The first-order valence-corrected chi connectivity index (χ1v) is 8.66. The molecule has 6 nitrogen and oxygen atoms in total. The van der Waals surface area contributed by atoms with Crippen molar-refractivity contribution >= 4 is 35.1 Å². The number of aliphatic carboxylic acids is 1. The molecular formula is C17H17Cl2N3O3. The zero-order valence-corrected chi connectivity index (χ0v) is 15.0. The van der Waals surface area contributed by atoms with Crippen molar-refractivity contribution in [2.24, 2.45) is 5.92 Å². The molecule has 2 N–H and O–H groups in total. The van der Waals surface area contributed by atoms with Crippen LogP contribution in [0.2, 0.25) is 10.0 Å². The zero-order chi connectivity index (χ0) is 18.1. The standard InChI is InChI=1S/C17H17Cl2N3O3/c1-9-6-14(16(23)20-12-4-2-10(7-12)17(24)25)21-22(9)15-5-3-11(18)8-13(15)19/h3,5-6,8,10,12H,2,4,7H2,1H3,(H,20,23)(H,24,25)/t10-,12+/m0/s1. The minimum absolute atomic E-state index is 0.141. The van der Waals surface area contributed by atoms with Gasteiger partial charge in [0.1, 0.15) is 0 Å². The smallest absolute Gasteiger partial charge is 0.306 e. The maximum Gasteiger partial charge on any atom is 0.306 e. The lowest BCUT2D eigenvalue weighted by Crippen LogP contribution is -2.33. The lowest BCUT2D eigenvalue weighted by atomic mass is 10.1. The molecule has 1 aliphatic carbocycles. The average Bonchev–Trinajstić information content (AvgIpc) is 3.14. The molecule has 8 heteroatoms. The van der Waals surface area contributed by atoms with E-state index >= 15 is 0 Å². The monoisotopic (exact) mass is 381 g/mol. The van der Waals surface area contributed by atoms with Crippen molar-refractivity contribution in [1.29, 1.82) is 0 Å². The molecule has 1 heterocycles. The number of carboxylic acids is 1. The molecule has 1 aliphatic rings. The van der Waals surface area contributed by atoms with Gasteiger partial charge in [-0.3, -0.25) is 9.59 Å². The summed E-state index contributed by atoms with van der Waals surface area (Å²) in [7, 11) is 0. The molecule has 0 saturated heterocycles. The highest BCUT2D eigenvalue weighted by Gasteiger charge is 2.31. The molecule has 0 unspecified atom stereocenters. The van der Waals surface area contributed by atoms with E-state index in [0.29, 0.717) is 35.0 Å². The van der Waals surface area contributed by atoms with Crippen molar-refractivity contribution in [2.45, 2.75) is 32.2 Å². The molecule has 25 heavy (non-hydrogen) atoms. The fraction of sp³-hybridized carbons (Fsp3) is 0.353. The summed E-state index contributed by atoms with van der Waals surface area (Å²) in [6, 6.07) is 6.58. The van der Waals surface area contributed by atoms with Crippen molar-refractivity contribution in [3.63, 3.8) is 0 Å². The molecular weight excluding hydrogens is 365 g/mol. The van der Waals surface area contributed by atoms with Crippen LogP contribution in [0.4, 0.5) is 0 Å². The highest BCUT2D eigenvalue weighted by Crippen LogP contribution is 2.27. The Kier molecular flexibility index (Phi) is 5.01. The zero-order valence-electron chi connectivity index (χ0n) is 13.5. The highest BCUT2D eigenvalue weighted by atomic mass is 35.5. The molecule has 3 rings (SSSR count). The number of aryl methyl sites for hydroxylation is 1. The first-order valence-electron chi connectivity index (χ1n) is 7.91. The molecule has 1 saturated carbocycles. The normalized spacial score (nSPS) is 19.8. The van der Waals surface area contributed by atoms with E-state index in [1.54, 1.807) is 28.9 Å². The summed E-state index contributed by atoms with van der Waals surface area (Å²) >= 11 is 12.1. The number of nitrogens with zero attached hydrogens (tertiary/aromatic N) is 2. The number of nitrogens with one attached hydrogen (secondary N) is 1. The van der Waals surface area contributed by atoms with Crippen LogP contribution in [-0.4, -0.2) is 32.8 Å². The van der Waals surface area contributed by atoms with Gasteiger partial charge >= 0.3 is 5.97 Å². The first-order chi connectivity index (χ1) is 11.8. The predicted octanol–water partition coefficient (Wildman–Crippen LogP) is 3.47. The summed E-state index contributed by atoms with van der Waals surface area (Å²) < 4.78 is 1.59. The number of amides is 1. The van der Waals surface area contributed by atoms with Gasteiger partial charge in [-0.2, -0.15) is 5.10 Å². The van der Waals surface area contributed by atoms with Crippen LogP contribution in [0.5, 0.6) is 0 Å². The maximum atomic E-state index is 12.4. The number of benzene rings is 1. The molecule has 0 spiro atoms. The molecule has 1 fully saturated rings. The quantitative estimate of drug-likeness (QED) is 0.848. The number of carbonyl (C=O) groups is 2. The van der Waals surface area contributed by atoms with Crippen LogP contribution >= 0.6 is 23.2 Å². The number of carbonyl (C=O) groups excluding carboxylic acids is 1. The van der Waals surface area contributed by atoms with E-state index in [-0.39, 0.29) is 17.6 Å². The predicted molar refractivity (Wildman–Crippen MR) is 94.6 cm³/mol. The van der Waals surface area contributed by atoms with Gasteiger partial charge in [-0.05, 0) is 50.5 Å². The van der Waals surface area contributed by atoms with E-state index in [9.17, 15) is 9.59 Å². The molecule has 1 aromatic heterocycles. The summed E-state index contributed by atoms with van der Waals surface area (Å²) in [5, 5.41) is 17.2. The fourth-order valence-electron chi connectivity index (χ4n) is 3.08. The van der Waals surface area contributed by atoms with E-state index in [0.717, 1.165) is 5.69 Å². The van der Waals surface area contributed by atoms with Crippen molar-refractivity contribution < 1.29 is 14.7 Å². The van der Waals surface area contributed by atoms with E-state index in [2.05, 4.69) is 10.4 Å². The third-order valence-electron chi connectivity index (χ3n) is 4.38. The van der Waals surface area contributed by atoms with Crippen LogP contribution < -0.4 is 5.32 Å². The van der Waals surface area contributed by atoms with Gasteiger partial charge in [0.2, 0.25) is 0 Å². The van der Waals surface area contributed by atoms with Gasteiger partial charge in [-0.25, -0.2) is 4.68 Å². The average molecular weight is 382 g/mol. The Morgan fingerprint density at radius 2 is 2.04 bits per heavy atom. The van der Waals surface area contributed by atoms with Crippen LogP contribution in [0.15, 0.2) is 24.3 Å². The Balaban J connectivity index is 1.76. The molecule has 1 amide bonds. The Hall–Kier alpha value is -2.05. The van der Waals surface area contributed by atoms with Gasteiger partial charge in [0.15, 0.2) is 5.69 Å². The van der Waals surface area contributed by atoms with Gasteiger partial charge in [0.05, 0.1) is 16.6 Å². The minimum atomic E-state index is -0.811. The molecule has 2 aromatic rings. The molecule has 0 bridgehead atoms. The third kappa shape index (κ3) is 3.80. The summed E-state index contributed by atoms with van der Waals surface area (Å²) in [6.07, 6.45) is 1.68. The molecule has 0 aliphatic heterocycles. The summed E-state index contributed by atoms with van der Waals surface area (Å²) in [6.45, 7) is 1.82. The Bertz CT molecular complexity index is 835. The van der Waals surface area contributed by atoms with Crippen LogP contribution in [0, 0.1) is 12.8 Å². The van der Waals surface area contributed by atoms with E-state index in [4.69, 9.17) is 28.3 Å². The van der Waals surface area contributed by atoms with E-state index in [1.165, 1.54) is 0 Å². The SMILES string of the molecule is Cc1cc(C(=O)N[C@@H]2CC[C@H](C(=O)O)C2)nn1-c1ccc(Cl)cc1Cl. The fourth-order valence-corrected chi connectivity index (χ4v) is 3.57. The lowest BCUT2D eigenvalue weighted by Gasteiger charge is -2.11.